The minimum absolute atomic E-state index is 0.542. The van der Waals surface area contributed by atoms with E-state index in [-0.39, 0.29) is 0 Å². The molecule has 0 aliphatic rings. The molecule has 0 spiro atoms. The molecular formula is C22H12BO4. The molecule has 1 radical (unpaired) electrons. The summed E-state index contributed by atoms with van der Waals surface area (Å²) in [6.07, 6.45) is 0. The van der Waals surface area contributed by atoms with E-state index in [4.69, 9.17) is 18.5 Å². The zero-order valence-corrected chi connectivity index (χ0v) is 14.1. The number of hydrogen-bond acceptors (Lipinski definition) is 4. The van der Waals surface area contributed by atoms with Crippen LogP contribution in [0.25, 0.3) is 54.6 Å². The predicted molar refractivity (Wildman–Crippen MR) is 107 cm³/mol. The highest BCUT2D eigenvalue weighted by Crippen LogP contribution is 2.43. The van der Waals surface area contributed by atoms with Crippen LogP contribution in [0.5, 0.6) is 5.75 Å². The van der Waals surface area contributed by atoms with Crippen molar-refractivity contribution in [3.05, 3.63) is 66.7 Å². The van der Waals surface area contributed by atoms with E-state index in [1.807, 2.05) is 48.5 Å². The molecule has 0 fully saturated rings. The summed E-state index contributed by atoms with van der Waals surface area (Å²) in [7, 11) is 0.688. The second-order valence-corrected chi connectivity index (χ2v) is 6.54. The molecule has 0 atom stereocenters. The molecule has 4 nitrogen and oxygen atoms in total. The van der Waals surface area contributed by atoms with Gasteiger partial charge in [-0.25, -0.2) is 0 Å². The van der Waals surface area contributed by atoms with Crippen molar-refractivity contribution in [3.8, 4) is 5.75 Å². The summed E-state index contributed by atoms with van der Waals surface area (Å²) < 4.78 is 17.6. The van der Waals surface area contributed by atoms with Crippen LogP contribution in [0.15, 0.2) is 75.6 Å². The highest BCUT2D eigenvalue weighted by atomic mass is 16.5. The lowest BCUT2D eigenvalue weighted by Gasteiger charge is -2.07. The first-order valence-corrected chi connectivity index (χ1v) is 8.66. The molecule has 5 heteroatoms. The Morgan fingerprint density at radius 3 is 2.19 bits per heavy atom. The van der Waals surface area contributed by atoms with Crippen LogP contribution in [-0.4, -0.2) is 12.7 Å². The summed E-state index contributed by atoms with van der Waals surface area (Å²) in [4.78, 5) is 0. The molecule has 127 valence electrons. The Bertz CT molecular complexity index is 1490. The Balaban J connectivity index is 1.83. The van der Waals surface area contributed by atoms with E-state index in [0.29, 0.717) is 24.6 Å². The van der Waals surface area contributed by atoms with E-state index >= 15 is 0 Å². The minimum Gasteiger partial charge on any atom is -0.537 e. The molecule has 1 N–H and O–H groups in total. The maximum atomic E-state index is 9.12. The quantitative estimate of drug-likeness (QED) is 0.416. The van der Waals surface area contributed by atoms with Crippen LogP contribution >= 0.6 is 0 Å². The standard InChI is InChI=1S/C22H12BO4/c24-23-27-18-11-19-20(14-7-2-1-5-12(14)18)16-10-9-15-13-6-3-4-8-17(13)25-21(15)22(16)26-19/h1-11,24H. The van der Waals surface area contributed by atoms with Gasteiger partial charge in [0.25, 0.3) is 0 Å². The molecule has 0 saturated heterocycles. The Kier molecular flexibility index (Phi) is 2.88. The predicted octanol–water partition coefficient (Wildman–Crippen LogP) is 5.54. The van der Waals surface area contributed by atoms with E-state index in [2.05, 4.69) is 12.1 Å². The topological polar surface area (TPSA) is 55.7 Å². The molecule has 6 rings (SSSR count). The smallest absolute Gasteiger partial charge is 0.537 e. The van der Waals surface area contributed by atoms with Crippen LogP contribution < -0.4 is 4.65 Å². The van der Waals surface area contributed by atoms with Crippen molar-refractivity contribution in [2.24, 2.45) is 0 Å². The van der Waals surface area contributed by atoms with E-state index < -0.39 is 0 Å². The maximum Gasteiger partial charge on any atom is 0.569 e. The van der Waals surface area contributed by atoms with Crippen molar-refractivity contribution >= 4 is 62.3 Å². The van der Waals surface area contributed by atoms with Crippen LogP contribution in [0, 0.1) is 0 Å². The first-order valence-electron chi connectivity index (χ1n) is 8.66. The Morgan fingerprint density at radius 2 is 1.33 bits per heavy atom. The van der Waals surface area contributed by atoms with Crippen molar-refractivity contribution in [1.29, 1.82) is 0 Å². The van der Waals surface area contributed by atoms with Crippen LogP contribution in [0.4, 0.5) is 0 Å². The molecular weight excluding hydrogens is 339 g/mol. The lowest BCUT2D eigenvalue weighted by atomic mass is 10.0. The van der Waals surface area contributed by atoms with Gasteiger partial charge in [-0.1, -0.05) is 42.5 Å². The highest BCUT2D eigenvalue weighted by Gasteiger charge is 2.18. The molecule has 27 heavy (non-hydrogen) atoms. The van der Waals surface area contributed by atoms with E-state index in [1.165, 1.54) is 0 Å². The molecule has 4 aromatic carbocycles. The third-order valence-corrected chi connectivity index (χ3v) is 5.13. The largest absolute Gasteiger partial charge is 0.569 e. The van der Waals surface area contributed by atoms with Gasteiger partial charge in [0.2, 0.25) is 0 Å². The van der Waals surface area contributed by atoms with Crippen molar-refractivity contribution in [3.63, 3.8) is 0 Å². The summed E-state index contributed by atoms with van der Waals surface area (Å²) in [5, 5.41) is 15.1. The summed E-state index contributed by atoms with van der Waals surface area (Å²) in [5.41, 5.74) is 2.98. The van der Waals surface area contributed by atoms with Crippen molar-refractivity contribution in [1.82, 2.24) is 0 Å². The van der Waals surface area contributed by atoms with Crippen LogP contribution in [0.3, 0.4) is 0 Å². The minimum atomic E-state index is 0.542. The number of fused-ring (bicyclic) bond motifs is 9. The van der Waals surface area contributed by atoms with Crippen LogP contribution in [-0.2, 0) is 0 Å². The monoisotopic (exact) mass is 351 g/mol. The van der Waals surface area contributed by atoms with E-state index in [1.54, 1.807) is 6.07 Å². The van der Waals surface area contributed by atoms with Crippen molar-refractivity contribution in [2.45, 2.75) is 0 Å². The summed E-state index contributed by atoms with van der Waals surface area (Å²) >= 11 is 0. The SMILES string of the molecule is O[B]Oc1cc2oc3c(ccc4c5ccccc5oc43)c2c2ccccc12. The molecule has 2 aromatic heterocycles. The van der Waals surface area contributed by atoms with Gasteiger partial charge in [0.15, 0.2) is 11.2 Å². The van der Waals surface area contributed by atoms with Gasteiger partial charge < -0.3 is 18.5 Å². The molecule has 0 aliphatic heterocycles. The van der Waals surface area contributed by atoms with Gasteiger partial charge in [-0.15, -0.1) is 0 Å². The van der Waals surface area contributed by atoms with Gasteiger partial charge in [0.05, 0.1) is 0 Å². The lowest BCUT2D eigenvalue weighted by Crippen LogP contribution is -2.00. The molecule has 0 saturated carbocycles. The zero-order chi connectivity index (χ0) is 18.0. The van der Waals surface area contributed by atoms with Gasteiger partial charge in [0, 0.05) is 33.0 Å². The first kappa shape index (κ1) is 14.7. The third-order valence-electron chi connectivity index (χ3n) is 5.13. The molecule has 2 heterocycles. The second kappa shape index (κ2) is 5.28. The number of hydrogen-bond donors (Lipinski definition) is 1. The van der Waals surface area contributed by atoms with Crippen LogP contribution in [0.2, 0.25) is 0 Å². The lowest BCUT2D eigenvalue weighted by molar-refractivity contribution is 0.456. The second-order valence-electron chi connectivity index (χ2n) is 6.54. The average molecular weight is 351 g/mol. The van der Waals surface area contributed by atoms with E-state index in [9.17, 15) is 0 Å². The molecule has 0 bridgehead atoms. The van der Waals surface area contributed by atoms with Gasteiger partial charge >= 0.3 is 7.69 Å². The Hall–Kier alpha value is -3.44. The molecule has 0 amide bonds. The van der Waals surface area contributed by atoms with Crippen molar-refractivity contribution in [2.75, 3.05) is 0 Å². The number of para-hydroxylation sites is 1. The Morgan fingerprint density at radius 1 is 0.667 bits per heavy atom. The molecule has 6 aromatic rings. The zero-order valence-electron chi connectivity index (χ0n) is 14.1. The molecule has 0 unspecified atom stereocenters. The van der Waals surface area contributed by atoms with Crippen molar-refractivity contribution < 1.29 is 18.5 Å². The van der Waals surface area contributed by atoms with Crippen LogP contribution in [0.1, 0.15) is 0 Å². The average Bonchev–Trinajstić information content (AvgIpc) is 3.26. The van der Waals surface area contributed by atoms with Gasteiger partial charge in [-0.05, 0) is 23.6 Å². The number of furan rings is 2. The normalized spacial score (nSPS) is 11.9. The fraction of sp³-hybridized carbons (Fsp3) is 0. The highest BCUT2D eigenvalue weighted by molar-refractivity contribution is 6.26. The van der Waals surface area contributed by atoms with Gasteiger partial charge in [-0.3, -0.25) is 0 Å². The Labute approximate surface area is 153 Å². The fourth-order valence-electron chi connectivity index (χ4n) is 4.00. The fourth-order valence-corrected chi connectivity index (χ4v) is 4.00. The number of rotatable bonds is 2. The third kappa shape index (κ3) is 1.92. The summed E-state index contributed by atoms with van der Waals surface area (Å²) in [6.45, 7) is 0. The summed E-state index contributed by atoms with van der Waals surface area (Å²) in [6, 6.07) is 21.9. The number of benzene rings is 4. The van der Waals surface area contributed by atoms with Gasteiger partial charge in [-0.2, -0.15) is 0 Å². The summed E-state index contributed by atoms with van der Waals surface area (Å²) in [5.74, 6) is 0.542. The van der Waals surface area contributed by atoms with Gasteiger partial charge in [0.1, 0.15) is 16.9 Å². The maximum absolute atomic E-state index is 9.12. The first-order chi connectivity index (χ1) is 13.3. The molecule has 0 aliphatic carbocycles. The van der Waals surface area contributed by atoms with E-state index in [0.717, 1.165) is 43.5 Å².